The summed E-state index contributed by atoms with van der Waals surface area (Å²) in [6, 6.07) is 9.14. The third kappa shape index (κ3) is 3.45. The number of hydrogen-bond donors (Lipinski definition) is 1. The molecule has 0 radical (unpaired) electrons. The molecule has 1 N–H and O–H groups in total. The van der Waals surface area contributed by atoms with Crippen LogP contribution in [0.4, 0.5) is 5.69 Å². The summed E-state index contributed by atoms with van der Waals surface area (Å²) >= 11 is 0. The van der Waals surface area contributed by atoms with Crippen molar-refractivity contribution in [2.75, 3.05) is 11.9 Å². The van der Waals surface area contributed by atoms with Crippen LogP contribution in [0.3, 0.4) is 0 Å². The zero-order valence-electron chi connectivity index (χ0n) is 11.6. The van der Waals surface area contributed by atoms with Crippen LogP contribution >= 0.6 is 0 Å². The number of rotatable bonds is 5. The average molecular weight is 295 g/mol. The number of carbonyl (C=O) groups is 1. The number of amides is 1. The topological polar surface area (TPSA) is 81.9 Å². The summed E-state index contributed by atoms with van der Waals surface area (Å²) in [5, 5.41) is 2.67. The summed E-state index contributed by atoms with van der Waals surface area (Å²) in [5.74, 6) is 0.850. The van der Waals surface area contributed by atoms with Crippen molar-refractivity contribution in [1.82, 2.24) is 19.5 Å². The van der Waals surface area contributed by atoms with Gasteiger partial charge in [-0.05, 0) is 12.1 Å². The second-order valence-corrected chi connectivity index (χ2v) is 4.39. The zero-order chi connectivity index (χ0) is 15.2. The van der Waals surface area contributed by atoms with Crippen LogP contribution in [-0.2, 0) is 4.79 Å². The molecule has 0 unspecified atom stereocenters. The molecule has 0 aliphatic rings. The summed E-state index contributed by atoms with van der Waals surface area (Å²) in [6.07, 6.45) is 8.04. The molecule has 0 aliphatic heterocycles. The molecule has 1 amide bonds. The van der Waals surface area contributed by atoms with E-state index >= 15 is 0 Å². The number of nitrogens with zero attached hydrogens (tertiary/aromatic N) is 4. The van der Waals surface area contributed by atoms with E-state index < -0.39 is 0 Å². The molecule has 7 heteroatoms. The number of para-hydroxylation sites is 1. The van der Waals surface area contributed by atoms with Crippen molar-refractivity contribution < 1.29 is 9.53 Å². The number of aromatic nitrogens is 4. The number of carbonyl (C=O) groups excluding carboxylic acids is 1. The Balaban J connectivity index is 1.55. The highest BCUT2D eigenvalue weighted by Gasteiger charge is 2.05. The monoisotopic (exact) mass is 295 g/mol. The van der Waals surface area contributed by atoms with E-state index in [1.54, 1.807) is 35.4 Å². The number of nitrogens with one attached hydrogen (secondary N) is 1. The highest BCUT2D eigenvalue weighted by Crippen LogP contribution is 2.09. The van der Waals surface area contributed by atoms with Crippen LogP contribution in [-0.4, -0.2) is 32.0 Å². The molecule has 0 aliphatic carbocycles. The first-order chi connectivity index (χ1) is 10.8. The number of benzene rings is 1. The van der Waals surface area contributed by atoms with E-state index in [1.807, 2.05) is 18.2 Å². The summed E-state index contributed by atoms with van der Waals surface area (Å²) in [4.78, 5) is 24.0. The Morgan fingerprint density at radius 2 is 1.95 bits per heavy atom. The molecule has 3 aromatic rings. The van der Waals surface area contributed by atoms with Gasteiger partial charge in [-0.25, -0.2) is 15.0 Å². The molecule has 7 nitrogen and oxygen atoms in total. The van der Waals surface area contributed by atoms with Crippen LogP contribution in [0.25, 0.3) is 5.95 Å². The maximum Gasteiger partial charge on any atom is 0.262 e. The molecule has 0 spiro atoms. The highest BCUT2D eigenvalue weighted by atomic mass is 16.5. The van der Waals surface area contributed by atoms with E-state index in [9.17, 15) is 4.79 Å². The molecule has 2 heterocycles. The Morgan fingerprint density at radius 3 is 2.64 bits per heavy atom. The van der Waals surface area contributed by atoms with E-state index in [0.29, 0.717) is 17.4 Å². The third-order valence-electron chi connectivity index (χ3n) is 2.77. The van der Waals surface area contributed by atoms with E-state index in [2.05, 4.69) is 20.3 Å². The van der Waals surface area contributed by atoms with Gasteiger partial charge in [0.2, 0.25) is 5.95 Å². The fourth-order valence-electron chi connectivity index (χ4n) is 1.76. The van der Waals surface area contributed by atoms with Gasteiger partial charge in [0.15, 0.2) is 6.61 Å². The lowest BCUT2D eigenvalue weighted by Gasteiger charge is -2.07. The van der Waals surface area contributed by atoms with Crippen molar-refractivity contribution in [3.05, 3.63) is 61.4 Å². The van der Waals surface area contributed by atoms with Crippen LogP contribution in [0.2, 0.25) is 0 Å². The summed E-state index contributed by atoms with van der Waals surface area (Å²) in [5.41, 5.74) is 0.505. The average Bonchev–Trinajstić information content (AvgIpc) is 3.09. The van der Waals surface area contributed by atoms with Gasteiger partial charge >= 0.3 is 0 Å². The molecule has 1 aromatic carbocycles. The Labute approximate surface area is 126 Å². The Bertz CT molecular complexity index is 726. The molecule has 0 atom stereocenters. The first-order valence-electron chi connectivity index (χ1n) is 6.59. The minimum Gasteiger partial charge on any atom is -0.484 e. The Hall–Kier alpha value is -3.22. The van der Waals surface area contributed by atoms with Crippen LogP contribution in [0.5, 0.6) is 5.75 Å². The molecule has 22 heavy (non-hydrogen) atoms. The lowest BCUT2D eigenvalue weighted by Crippen LogP contribution is -2.20. The SMILES string of the molecule is O=C(COc1ccccc1)Nc1cnc(-n2ccnc2)nc1. The van der Waals surface area contributed by atoms with Gasteiger partial charge in [-0.15, -0.1) is 0 Å². The highest BCUT2D eigenvalue weighted by molar-refractivity contribution is 5.91. The molecule has 110 valence electrons. The fraction of sp³-hybridized carbons (Fsp3) is 0.0667. The lowest BCUT2D eigenvalue weighted by molar-refractivity contribution is -0.118. The minimum atomic E-state index is -0.275. The van der Waals surface area contributed by atoms with Crippen LogP contribution < -0.4 is 10.1 Å². The predicted octanol–water partition coefficient (Wildman–Crippen LogP) is 1.68. The molecule has 3 rings (SSSR count). The first kappa shape index (κ1) is 13.7. The summed E-state index contributed by atoms with van der Waals surface area (Å²) < 4.78 is 7.03. The minimum absolute atomic E-state index is 0.0761. The third-order valence-corrected chi connectivity index (χ3v) is 2.77. The van der Waals surface area contributed by atoms with Crippen LogP contribution in [0, 0.1) is 0 Å². The second kappa shape index (κ2) is 6.49. The van der Waals surface area contributed by atoms with Crippen LogP contribution in [0.15, 0.2) is 61.4 Å². The fourth-order valence-corrected chi connectivity index (χ4v) is 1.76. The van der Waals surface area contributed by atoms with Gasteiger partial charge in [-0.3, -0.25) is 9.36 Å². The van der Waals surface area contributed by atoms with Gasteiger partial charge in [-0.2, -0.15) is 0 Å². The normalized spacial score (nSPS) is 10.2. The summed E-state index contributed by atoms with van der Waals surface area (Å²) in [7, 11) is 0. The van der Waals surface area contributed by atoms with Gasteiger partial charge in [0.1, 0.15) is 12.1 Å². The van der Waals surface area contributed by atoms with Crippen molar-refractivity contribution >= 4 is 11.6 Å². The second-order valence-electron chi connectivity index (χ2n) is 4.39. The maximum absolute atomic E-state index is 11.8. The van der Waals surface area contributed by atoms with Gasteiger partial charge in [0, 0.05) is 12.4 Å². The zero-order valence-corrected chi connectivity index (χ0v) is 11.6. The molecule has 0 bridgehead atoms. The molecule has 0 saturated heterocycles. The van der Waals surface area contributed by atoms with Gasteiger partial charge < -0.3 is 10.1 Å². The first-order valence-corrected chi connectivity index (χ1v) is 6.59. The van der Waals surface area contributed by atoms with E-state index in [4.69, 9.17) is 4.74 Å². The quantitative estimate of drug-likeness (QED) is 0.774. The summed E-state index contributed by atoms with van der Waals surface area (Å²) in [6.45, 7) is -0.0761. The van der Waals surface area contributed by atoms with Crippen molar-refractivity contribution in [2.45, 2.75) is 0 Å². The number of anilines is 1. The molecule has 0 fully saturated rings. The lowest BCUT2D eigenvalue weighted by atomic mass is 10.3. The van der Waals surface area contributed by atoms with Crippen molar-refractivity contribution in [3.63, 3.8) is 0 Å². The van der Waals surface area contributed by atoms with Crippen molar-refractivity contribution in [2.24, 2.45) is 0 Å². The van der Waals surface area contributed by atoms with E-state index in [0.717, 1.165) is 0 Å². The molecule has 2 aromatic heterocycles. The molecular formula is C15H13N5O2. The smallest absolute Gasteiger partial charge is 0.262 e. The largest absolute Gasteiger partial charge is 0.484 e. The maximum atomic E-state index is 11.8. The Morgan fingerprint density at radius 1 is 1.18 bits per heavy atom. The Kier molecular flexibility index (Phi) is 4.05. The number of hydrogen-bond acceptors (Lipinski definition) is 5. The van der Waals surface area contributed by atoms with E-state index in [1.165, 1.54) is 12.4 Å². The predicted molar refractivity (Wildman–Crippen MR) is 79.7 cm³/mol. The van der Waals surface area contributed by atoms with E-state index in [-0.39, 0.29) is 12.5 Å². The van der Waals surface area contributed by atoms with Gasteiger partial charge in [0.25, 0.3) is 5.91 Å². The van der Waals surface area contributed by atoms with Crippen molar-refractivity contribution in [1.29, 1.82) is 0 Å². The van der Waals surface area contributed by atoms with Crippen LogP contribution in [0.1, 0.15) is 0 Å². The molecule has 0 saturated carbocycles. The van der Waals surface area contributed by atoms with Gasteiger partial charge in [0.05, 0.1) is 18.1 Å². The number of ether oxygens (including phenoxy) is 1. The van der Waals surface area contributed by atoms with Gasteiger partial charge in [-0.1, -0.05) is 18.2 Å². The van der Waals surface area contributed by atoms with Crippen molar-refractivity contribution in [3.8, 4) is 11.7 Å². The molecular weight excluding hydrogens is 282 g/mol. The number of imidazole rings is 1. The standard InChI is InChI=1S/C15H13N5O2/c21-14(10-22-13-4-2-1-3-5-13)19-12-8-17-15(18-9-12)20-7-6-16-11-20/h1-9,11H,10H2,(H,19,21).